The number of benzene rings is 1. The average molecular weight is 403 g/mol. The van der Waals surface area contributed by atoms with Gasteiger partial charge in [-0.1, -0.05) is 30.3 Å². The van der Waals surface area contributed by atoms with Gasteiger partial charge >= 0.3 is 12.1 Å². The molecule has 5 N–H and O–H groups in total. The molecule has 1 aromatic carbocycles. The monoisotopic (exact) mass is 403 g/mol. The van der Waals surface area contributed by atoms with Crippen LogP contribution in [0.1, 0.15) is 18.9 Å². The molecule has 3 rings (SSSR count). The highest BCUT2D eigenvalue weighted by atomic mass is 16.5. The molecule has 0 radical (unpaired) electrons. The summed E-state index contributed by atoms with van der Waals surface area (Å²) < 4.78 is 5.02. The van der Waals surface area contributed by atoms with E-state index in [0.29, 0.717) is 0 Å². The van der Waals surface area contributed by atoms with E-state index in [1.807, 2.05) is 6.07 Å². The molecule has 1 fully saturated rings. The lowest BCUT2D eigenvalue weighted by Crippen LogP contribution is -2.65. The molecule has 3 amide bonds. The Bertz CT molecular complexity index is 844. The van der Waals surface area contributed by atoms with Crippen molar-refractivity contribution in [1.82, 2.24) is 26.4 Å². The Labute approximate surface area is 166 Å². The van der Waals surface area contributed by atoms with E-state index in [0.717, 1.165) is 12.5 Å². The van der Waals surface area contributed by atoms with Crippen LogP contribution in [0.2, 0.25) is 0 Å². The molecule has 0 spiro atoms. The van der Waals surface area contributed by atoms with E-state index in [4.69, 9.17) is 4.74 Å². The molecule has 0 saturated carbocycles. The first-order valence-corrected chi connectivity index (χ1v) is 8.84. The quantitative estimate of drug-likeness (QED) is 0.395. The van der Waals surface area contributed by atoms with E-state index < -0.39 is 35.7 Å². The zero-order chi connectivity index (χ0) is 21.0. The number of hydrogen-bond acceptors (Lipinski definition) is 7. The van der Waals surface area contributed by atoms with Crippen molar-refractivity contribution in [2.45, 2.75) is 37.7 Å². The van der Waals surface area contributed by atoms with Crippen LogP contribution >= 0.6 is 0 Å². The van der Waals surface area contributed by atoms with Crippen molar-refractivity contribution in [2.24, 2.45) is 0 Å². The summed E-state index contributed by atoms with van der Waals surface area (Å²) in [5.74, 6) is -2.44. The number of amides is 3. The summed E-state index contributed by atoms with van der Waals surface area (Å²) in [7, 11) is 0. The summed E-state index contributed by atoms with van der Waals surface area (Å²) in [6.45, 7) is 1.07. The van der Waals surface area contributed by atoms with Gasteiger partial charge in [-0.2, -0.15) is 0 Å². The number of hydrazine groups is 1. The van der Waals surface area contributed by atoms with Gasteiger partial charge < -0.3 is 25.5 Å². The van der Waals surface area contributed by atoms with Crippen LogP contribution in [0, 0.1) is 0 Å². The zero-order valence-electron chi connectivity index (χ0n) is 15.5. The van der Waals surface area contributed by atoms with Gasteiger partial charge in [0.2, 0.25) is 17.5 Å². The highest BCUT2D eigenvalue weighted by molar-refractivity contribution is 5.92. The number of nitrogens with zero attached hydrogens (tertiary/aromatic N) is 1. The fourth-order valence-electron chi connectivity index (χ4n) is 2.94. The molecule has 2 heterocycles. The lowest BCUT2D eigenvalue weighted by Gasteiger charge is -2.28. The molecule has 2 aliphatic heterocycles. The normalized spacial score (nSPS) is 22.1. The minimum absolute atomic E-state index is 0.0570. The molecule has 1 saturated heterocycles. The maximum absolute atomic E-state index is 12.6. The van der Waals surface area contributed by atoms with Gasteiger partial charge in [-0.25, -0.2) is 15.0 Å². The van der Waals surface area contributed by atoms with Crippen LogP contribution in [-0.2, 0) is 25.7 Å². The standard InChI is InChI=1S/C18H21N5O6/c1-18(16(26)27,21-17(28)29-10-11-5-3-2-4-6-11)20-14(24)12-9-13-15(25)19-7-8-23(13)22-12/h2-8,12-13,22H,9-10H2,1H3,(H,19,25)(H,20,24)(H,21,28)(H,26,27). The van der Waals surface area contributed by atoms with Crippen LogP contribution in [0.25, 0.3) is 0 Å². The van der Waals surface area contributed by atoms with Crippen LogP contribution in [0.3, 0.4) is 0 Å². The number of carbonyl (C=O) groups excluding carboxylic acids is 3. The number of carbonyl (C=O) groups is 4. The van der Waals surface area contributed by atoms with Gasteiger partial charge in [-0.15, -0.1) is 0 Å². The van der Waals surface area contributed by atoms with E-state index in [1.54, 1.807) is 30.5 Å². The number of rotatable bonds is 6. The summed E-state index contributed by atoms with van der Waals surface area (Å²) >= 11 is 0. The molecule has 1 aromatic rings. The van der Waals surface area contributed by atoms with E-state index in [1.165, 1.54) is 11.2 Å². The Morgan fingerprint density at radius 2 is 2.00 bits per heavy atom. The zero-order valence-corrected chi connectivity index (χ0v) is 15.5. The fourth-order valence-corrected chi connectivity index (χ4v) is 2.94. The first kappa shape index (κ1) is 20.1. The Morgan fingerprint density at radius 3 is 2.66 bits per heavy atom. The number of alkyl carbamates (subject to hydrolysis) is 1. The number of ether oxygens (including phenoxy) is 1. The molecule has 11 nitrogen and oxygen atoms in total. The number of carboxylic acids is 1. The van der Waals surface area contributed by atoms with Gasteiger partial charge in [0.15, 0.2) is 0 Å². The first-order valence-electron chi connectivity index (χ1n) is 8.84. The highest BCUT2D eigenvalue weighted by Crippen LogP contribution is 2.18. The lowest BCUT2D eigenvalue weighted by molar-refractivity contribution is -0.148. The Morgan fingerprint density at radius 1 is 1.28 bits per heavy atom. The van der Waals surface area contributed by atoms with Crippen LogP contribution in [0.4, 0.5) is 4.79 Å². The van der Waals surface area contributed by atoms with E-state index in [9.17, 15) is 24.3 Å². The molecular formula is C18H21N5O6. The van der Waals surface area contributed by atoms with Crippen LogP contribution in [-0.4, -0.2) is 51.7 Å². The summed E-state index contributed by atoms with van der Waals surface area (Å²) in [4.78, 5) is 48.1. The number of aliphatic carboxylic acids is 1. The molecule has 154 valence electrons. The molecular weight excluding hydrogens is 382 g/mol. The van der Waals surface area contributed by atoms with Gasteiger partial charge in [-0.3, -0.25) is 14.9 Å². The molecule has 3 unspecified atom stereocenters. The molecule has 11 heteroatoms. The lowest BCUT2D eigenvalue weighted by atomic mass is 10.1. The van der Waals surface area contributed by atoms with Gasteiger partial charge in [0, 0.05) is 18.8 Å². The highest BCUT2D eigenvalue weighted by Gasteiger charge is 2.44. The summed E-state index contributed by atoms with van der Waals surface area (Å²) in [6, 6.07) is 7.41. The average Bonchev–Trinajstić information content (AvgIpc) is 3.13. The SMILES string of the molecule is CC(NC(=O)OCc1ccccc1)(NC(=O)C1CC2C(=O)NC=CN2N1)C(=O)O. The molecule has 29 heavy (non-hydrogen) atoms. The smallest absolute Gasteiger partial charge is 0.409 e. The fraction of sp³-hybridized carbons (Fsp3) is 0.333. The maximum atomic E-state index is 12.6. The Balaban J connectivity index is 1.59. The Kier molecular flexibility index (Phi) is 5.69. The predicted molar refractivity (Wildman–Crippen MR) is 98.4 cm³/mol. The van der Waals surface area contributed by atoms with Crippen molar-refractivity contribution in [3.63, 3.8) is 0 Å². The molecule has 2 aliphatic rings. The largest absolute Gasteiger partial charge is 0.478 e. The van der Waals surface area contributed by atoms with Crippen LogP contribution in [0.5, 0.6) is 0 Å². The van der Waals surface area contributed by atoms with Gasteiger partial charge in [-0.05, 0) is 12.5 Å². The van der Waals surface area contributed by atoms with Crippen LogP contribution in [0.15, 0.2) is 42.7 Å². The van der Waals surface area contributed by atoms with Crippen LogP contribution < -0.4 is 21.4 Å². The predicted octanol–water partition coefficient (Wildman–Crippen LogP) is -0.622. The van der Waals surface area contributed by atoms with Crippen molar-refractivity contribution in [1.29, 1.82) is 0 Å². The number of nitrogens with one attached hydrogen (secondary N) is 4. The summed E-state index contributed by atoms with van der Waals surface area (Å²) in [6.07, 6.45) is 2.13. The van der Waals surface area contributed by atoms with Crippen molar-refractivity contribution < 1.29 is 29.0 Å². The van der Waals surface area contributed by atoms with E-state index >= 15 is 0 Å². The van der Waals surface area contributed by atoms with Crippen molar-refractivity contribution in [3.8, 4) is 0 Å². The van der Waals surface area contributed by atoms with Crippen molar-refractivity contribution in [2.75, 3.05) is 0 Å². The summed E-state index contributed by atoms with van der Waals surface area (Å²) in [5, 5.41) is 18.0. The third-order valence-corrected chi connectivity index (χ3v) is 4.55. The minimum Gasteiger partial charge on any atom is -0.478 e. The maximum Gasteiger partial charge on any atom is 0.409 e. The molecule has 0 bridgehead atoms. The number of carboxylic acid groups (broad SMARTS) is 1. The third-order valence-electron chi connectivity index (χ3n) is 4.55. The Hall–Kier alpha value is -3.60. The van der Waals surface area contributed by atoms with E-state index in [-0.39, 0.29) is 18.9 Å². The van der Waals surface area contributed by atoms with E-state index in [2.05, 4.69) is 21.4 Å². The van der Waals surface area contributed by atoms with Gasteiger partial charge in [0.05, 0.1) is 0 Å². The number of fused-ring (bicyclic) bond motifs is 1. The first-order chi connectivity index (χ1) is 13.8. The number of hydrogen-bond donors (Lipinski definition) is 5. The van der Waals surface area contributed by atoms with Crippen molar-refractivity contribution in [3.05, 3.63) is 48.3 Å². The second-order valence-electron chi connectivity index (χ2n) is 6.77. The van der Waals surface area contributed by atoms with Gasteiger partial charge in [0.1, 0.15) is 18.7 Å². The third kappa shape index (κ3) is 4.63. The second kappa shape index (κ2) is 8.19. The molecule has 0 aromatic heterocycles. The van der Waals surface area contributed by atoms with Gasteiger partial charge in [0.25, 0.3) is 0 Å². The summed E-state index contributed by atoms with van der Waals surface area (Å²) in [5.41, 5.74) is 1.44. The second-order valence-corrected chi connectivity index (χ2v) is 6.77. The van der Waals surface area contributed by atoms with Crippen molar-refractivity contribution >= 4 is 23.9 Å². The minimum atomic E-state index is -2.10. The molecule has 0 aliphatic carbocycles. The topological polar surface area (TPSA) is 149 Å². The molecule has 3 atom stereocenters.